The summed E-state index contributed by atoms with van der Waals surface area (Å²) in [5.74, 6) is 5.37. The minimum absolute atomic E-state index is 0.415. The fourth-order valence-electron chi connectivity index (χ4n) is 1.79. The summed E-state index contributed by atoms with van der Waals surface area (Å²) in [4.78, 5) is 9.24. The molecule has 1 aliphatic heterocycles. The molecule has 1 aliphatic rings. The Morgan fingerprint density at radius 3 is 3.00 bits per heavy atom. The van der Waals surface area contributed by atoms with Crippen LogP contribution in [-0.2, 0) is 11.3 Å². The molecule has 1 unspecified atom stereocenters. The lowest BCUT2D eigenvalue weighted by molar-refractivity contribution is 0.181. The molecule has 1 aromatic rings. The SMILES string of the molecule is CCNc1cc(COC)nc(C2CSCCS2)n1. The van der Waals surface area contributed by atoms with Crippen molar-refractivity contribution in [1.82, 2.24) is 9.97 Å². The van der Waals surface area contributed by atoms with Crippen LogP contribution in [0.2, 0.25) is 0 Å². The zero-order chi connectivity index (χ0) is 12.8. The van der Waals surface area contributed by atoms with Gasteiger partial charge >= 0.3 is 0 Å². The van der Waals surface area contributed by atoms with E-state index in [1.54, 1.807) is 7.11 Å². The van der Waals surface area contributed by atoms with Crippen LogP contribution in [0, 0.1) is 0 Å². The van der Waals surface area contributed by atoms with E-state index in [-0.39, 0.29) is 0 Å². The van der Waals surface area contributed by atoms with Crippen LogP contribution in [0.5, 0.6) is 0 Å². The molecule has 2 heterocycles. The molecular weight excluding hydrogens is 266 g/mol. The Labute approximate surface area is 117 Å². The average Bonchev–Trinajstić information content (AvgIpc) is 2.40. The zero-order valence-electron chi connectivity index (χ0n) is 10.8. The Bertz CT molecular complexity index is 359. The zero-order valence-corrected chi connectivity index (χ0v) is 12.4. The van der Waals surface area contributed by atoms with Crippen LogP contribution in [0.15, 0.2) is 6.07 Å². The summed E-state index contributed by atoms with van der Waals surface area (Å²) in [6.45, 7) is 3.48. The Kier molecular flexibility index (Phi) is 5.59. The predicted octanol–water partition coefficient (Wildman–Crippen LogP) is 2.58. The van der Waals surface area contributed by atoms with Crippen molar-refractivity contribution in [2.45, 2.75) is 18.8 Å². The monoisotopic (exact) mass is 285 g/mol. The van der Waals surface area contributed by atoms with Crippen LogP contribution in [-0.4, -0.2) is 40.9 Å². The number of hydrogen-bond acceptors (Lipinski definition) is 6. The number of hydrogen-bond donors (Lipinski definition) is 1. The molecule has 1 saturated heterocycles. The fraction of sp³-hybridized carbons (Fsp3) is 0.667. The van der Waals surface area contributed by atoms with Gasteiger partial charge in [0.2, 0.25) is 0 Å². The third-order valence-electron chi connectivity index (χ3n) is 2.55. The summed E-state index contributed by atoms with van der Waals surface area (Å²) in [6.07, 6.45) is 0. The second kappa shape index (κ2) is 7.21. The maximum absolute atomic E-state index is 5.17. The highest BCUT2D eigenvalue weighted by Crippen LogP contribution is 2.35. The van der Waals surface area contributed by atoms with E-state index in [1.165, 1.54) is 11.5 Å². The molecule has 1 atom stereocenters. The Hall–Kier alpha value is -0.460. The number of anilines is 1. The van der Waals surface area contributed by atoms with Gasteiger partial charge in [-0.25, -0.2) is 9.97 Å². The van der Waals surface area contributed by atoms with Gasteiger partial charge in [0.15, 0.2) is 0 Å². The van der Waals surface area contributed by atoms with Crippen LogP contribution in [0.25, 0.3) is 0 Å². The molecule has 0 aromatic carbocycles. The van der Waals surface area contributed by atoms with Crippen LogP contribution in [0.4, 0.5) is 5.82 Å². The topological polar surface area (TPSA) is 47.0 Å². The van der Waals surface area contributed by atoms with E-state index in [0.717, 1.165) is 29.6 Å². The molecule has 1 fully saturated rings. The second-order valence-electron chi connectivity index (χ2n) is 4.00. The van der Waals surface area contributed by atoms with Gasteiger partial charge in [-0.3, -0.25) is 0 Å². The van der Waals surface area contributed by atoms with Crippen LogP contribution in [0.3, 0.4) is 0 Å². The van der Waals surface area contributed by atoms with E-state index in [9.17, 15) is 0 Å². The van der Waals surface area contributed by atoms with Gasteiger partial charge in [-0.15, -0.1) is 11.8 Å². The fourth-order valence-corrected chi connectivity index (χ4v) is 4.39. The number of methoxy groups -OCH3 is 1. The molecule has 0 amide bonds. The number of thioether (sulfide) groups is 2. The van der Waals surface area contributed by atoms with Gasteiger partial charge < -0.3 is 10.1 Å². The van der Waals surface area contributed by atoms with Gasteiger partial charge in [-0.05, 0) is 6.92 Å². The molecule has 6 heteroatoms. The van der Waals surface area contributed by atoms with Crippen molar-refractivity contribution in [2.24, 2.45) is 0 Å². The molecule has 18 heavy (non-hydrogen) atoms. The normalized spacial score (nSPS) is 19.8. The summed E-state index contributed by atoms with van der Waals surface area (Å²) in [5.41, 5.74) is 0.953. The summed E-state index contributed by atoms with van der Waals surface area (Å²) >= 11 is 3.94. The van der Waals surface area contributed by atoms with Crippen molar-refractivity contribution < 1.29 is 4.74 Å². The van der Waals surface area contributed by atoms with E-state index in [1.807, 2.05) is 29.6 Å². The highest BCUT2D eigenvalue weighted by molar-refractivity contribution is 8.06. The van der Waals surface area contributed by atoms with E-state index >= 15 is 0 Å². The maximum atomic E-state index is 5.17. The number of aromatic nitrogens is 2. The van der Waals surface area contributed by atoms with Gasteiger partial charge in [0, 0.05) is 37.0 Å². The quantitative estimate of drug-likeness (QED) is 0.897. The first-order valence-corrected chi connectivity index (χ1v) is 8.34. The molecule has 2 rings (SSSR count). The van der Waals surface area contributed by atoms with E-state index in [0.29, 0.717) is 11.9 Å². The first-order valence-electron chi connectivity index (χ1n) is 6.13. The largest absolute Gasteiger partial charge is 0.378 e. The van der Waals surface area contributed by atoms with Crippen molar-refractivity contribution >= 4 is 29.3 Å². The lowest BCUT2D eigenvalue weighted by Crippen LogP contribution is -2.13. The van der Waals surface area contributed by atoms with Crippen molar-refractivity contribution in [3.05, 3.63) is 17.6 Å². The number of rotatable bonds is 5. The van der Waals surface area contributed by atoms with Crippen molar-refractivity contribution in [1.29, 1.82) is 0 Å². The summed E-state index contributed by atoms with van der Waals surface area (Å²) < 4.78 is 5.17. The van der Waals surface area contributed by atoms with Crippen LogP contribution >= 0.6 is 23.5 Å². The molecule has 0 aliphatic carbocycles. The molecule has 0 radical (unpaired) electrons. The predicted molar refractivity (Wildman–Crippen MR) is 79.4 cm³/mol. The van der Waals surface area contributed by atoms with Crippen LogP contribution in [0.1, 0.15) is 23.7 Å². The number of ether oxygens (including phenoxy) is 1. The Morgan fingerprint density at radius 1 is 1.44 bits per heavy atom. The van der Waals surface area contributed by atoms with Crippen molar-refractivity contribution in [3.63, 3.8) is 0 Å². The van der Waals surface area contributed by atoms with Gasteiger partial charge in [0.1, 0.15) is 11.6 Å². The lowest BCUT2D eigenvalue weighted by atomic mass is 10.3. The first-order chi connectivity index (χ1) is 8.83. The smallest absolute Gasteiger partial charge is 0.144 e. The molecule has 1 aromatic heterocycles. The van der Waals surface area contributed by atoms with E-state index in [2.05, 4.69) is 22.2 Å². The van der Waals surface area contributed by atoms with Gasteiger partial charge in [0.25, 0.3) is 0 Å². The summed E-state index contributed by atoms with van der Waals surface area (Å²) in [6, 6.07) is 1.97. The minimum Gasteiger partial charge on any atom is -0.378 e. The summed E-state index contributed by atoms with van der Waals surface area (Å²) in [7, 11) is 1.69. The highest BCUT2D eigenvalue weighted by Gasteiger charge is 2.20. The second-order valence-corrected chi connectivity index (χ2v) is 6.46. The number of nitrogens with one attached hydrogen (secondary N) is 1. The van der Waals surface area contributed by atoms with E-state index < -0.39 is 0 Å². The minimum atomic E-state index is 0.415. The molecule has 1 N–H and O–H groups in total. The van der Waals surface area contributed by atoms with Gasteiger partial charge in [-0.2, -0.15) is 11.8 Å². The molecule has 4 nitrogen and oxygen atoms in total. The lowest BCUT2D eigenvalue weighted by Gasteiger charge is -2.20. The van der Waals surface area contributed by atoms with E-state index in [4.69, 9.17) is 4.74 Å². The van der Waals surface area contributed by atoms with Crippen molar-refractivity contribution in [2.75, 3.05) is 36.2 Å². The third kappa shape index (κ3) is 3.76. The van der Waals surface area contributed by atoms with Gasteiger partial charge in [0.05, 0.1) is 17.6 Å². The summed E-state index contributed by atoms with van der Waals surface area (Å²) in [5, 5.41) is 3.68. The molecule has 0 spiro atoms. The van der Waals surface area contributed by atoms with Gasteiger partial charge in [-0.1, -0.05) is 0 Å². The molecule has 100 valence electrons. The van der Waals surface area contributed by atoms with Crippen molar-refractivity contribution in [3.8, 4) is 0 Å². The Balaban J connectivity index is 2.20. The molecular formula is C12H19N3OS2. The third-order valence-corrected chi connectivity index (χ3v) is 5.30. The standard InChI is InChI=1S/C12H19N3OS2/c1-3-13-11-6-9(7-16-2)14-12(15-11)10-8-17-4-5-18-10/h6,10H,3-5,7-8H2,1-2H3,(H,13,14,15). The average molecular weight is 285 g/mol. The molecule has 0 bridgehead atoms. The maximum Gasteiger partial charge on any atom is 0.144 e. The molecule has 0 saturated carbocycles. The first kappa shape index (κ1) is 14.0. The highest BCUT2D eigenvalue weighted by atomic mass is 32.2. The van der Waals surface area contributed by atoms with Crippen LogP contribution < -0.4 is 5.32 Å². The Morgan fingerprint density at radius 2 is 2.33 bits per heavy atom. The number of nitrogens with zero attached hydrogens (tertiary/aromatic N) is 2.